The average Bonchev–Trinajstić information content (AvgIpc) is 2.59. The first-order valence-electron chi connectivity index (χ1n) is 7.32. The van der Waals surface area contributed by atoms with Crippen LogP contribution in [-0.4, -0.2) is 42.9 Å². The van der Waals surface area contributed by atoms with E-state index in [-0.39, 0.29) is 11.2 Å². The molecule has 0 aliphatic heterocycles. The molecule has 1 rings (SSSR count). The van der Waals surface area contributed by atoms with Gasteiger partial charge in [0.15, 0.2) is 0 Å². The molecule has 22 heavy (non-hydrogen) atoms. The van der Waals surface area contributed by atoms with Gasteiger partial charge in [-0.05, 0) is 26.0 Å². The number of nitrogens with one attached hydrogen (secondary N) is 1. The first kappa shape index (κ1) is 20.4. The predicted octanol–water partition coefficient (Wildman–Crippen LogP) is 1.14. The van der Waals surface area contributed by atoms with Gasteiger partial charge in [-0.3, -0.25) is 4.79 Å². The van der Waals surface area contributed by atoms with Crippen LogP contribution in [0.15, 0.2) is 36.0 Å². The van der Waals surface area contributed by atoms with E-state index in [2.05, 4.69) is 31.3 Å². The molecule has 0 amide bonds. The molecule has 2 atom stereocenters. The fourth-order valence-electron chi connectivity index (χ4n) is 1.73. The molecule has 0 aromatic carbocycles. The van der Waals surface area contributed by atoms with E-state index in [9.17, 15) is 14.7 Å². The lowest BCUT2D eigenvalue weighted by molar-refractivity contribution is -0.116. The molecule has 1 aliphatic carbocycles. The summed E-state index contributed by atoms with van der Waals surface area (Å²) in [7, 11) is 1.75. The van der Waals surface area contributed by atoms with Crippen LogP contribution in [0.5, 0.6) is 0 Å². The van der Waals surface area contributed by atoms with Gasteiger partial charge in [-0.1, -0.05) is 44.2 Å². The van der Waals surface area contributed by atoms with Crippen LogP contribution in [0.4, 0.5) is 0 Å². The number of hydrogen-bond acceptors (Lipinski definition) is 5. The maximum Gasteiger partial charge on any atom is 0.150 e. The molecule has 4 N–H and O–H groups in total. The third-order valence-corrected chi connectivity index (χ3v) is 3.04. The van der Waals surface area contributed by atoms with Crippen LogP contribution in [0, 0.1) is 5.41 Å². The Kier molecular flexibility index (Phi) is 9.49. The summed E-state index contributed by atoms with van der Waals surface area (Å²) in [6.45, 7) is 6.25. The minimum absolute atomic E-state index is 0.0334. The smallest absolute Gasteiger partial charge is 0.150 e. The Labute approximate surface area is 133 Å². The highest BCUT2D eigenvalue weighted by atomic mass is 16.3. The summed E-state index contributed by atoms with van der Waals surface area (Å²) >= 11 is 0. The summed E-state index contributed by atoms with van der Waals surface area (Å²) in [6, 6.07) is -0.539. The monoisotopic (exact) mass is 308 g/mol. The molecule has 2 unspecified atom stereocenters. The maximum atomic E-state index is 10.4. The SMILES string of the molecule is CC1(C)C=CC=C(CC(N)C(O)C=O)C=C1.CNCC(C)=O. The summed E-state index contributed by atoms with van der Waals surface area (Å²) < 4.78 is 0. The largest absolute Gasteiger partial charge is 0.384 e. The zero-order valence-electron chi connectivity index (χ0n) is 13.9. The number of aliphatic hydroxyl groups is 1. The second kappa shape index (κ2) is 10.2. The van der Waals surface area contributed by atoms with Gasteiger partial charge in [-0.2, -0.15) is 0 Å². The van der Waals surface area contributed by atoms with Crippen LogP contribution in [-0.2, 0) is 9.59 Å². The van der Waals surface area contributed by atoms with Gasteiger partial charge in [0.05, 0.1) is 6.54 Å². The van der Waals surface area contributed by atoms with Crippen LogP contribution in [0.2, 0.25) is 0 Å². The van der Waals surface area contributed by atoms with Crippen molar-refractivity contribution in [3.05, 3.63) is 36.0 Å². The zero-order chi connectivity index (χ0) is 17.2. The van der Waals surface area contributed by atoms with Crippen molar-refractivity contribution in [2.75, 3.05) is 13.6 Å². The number of rotatable bonds is 6. The number of carbonyl (C=O) groups is 2. The Hall–Kier alpha value is -1.56. The van der Waals surface area contributed by atoms with Crippen molar-refractivity contribution in [2.24, 2.45) is 11.1 Å². The Bertz CT molecular complexity index is 451. The molecular formula is C17H28N2O3. The molecule has 0 saturated heterocycles. The zero-order valence-corrected chi connectivity index (χ0v) is 13.9. The van der Waals surface area contributed by atoms with E-state index in [0.29, 0.717) is 19.3 Å². The quantitative estimate of drug-likeness (QED) is 0.640. The minimum atomic E-state index is -1.09. The van der Waals surface area contributed by atoms with Crippen molar-refractivity contribution < 1.29 is 14.7 Å². The van der Waals surface area contributed by atoms with Gasteiger partial charge in [0.2, 0.25) is 0 Å². The van der Waals surface area contributed by atoms with Crippen molar-refractivity contribution >= 4 is 12.1 Å². The molecule has 0 heterocycles. The predicted molar refractivity (Wildman–Crippen MR) is 89.4 cm³/mol. The highest BCUT2D eigenvalue weighted by molar-refractivity contribution is 5.77. The standard InChI is InChI=1S/C13H19NO2.C4H9NO/c1-13(2)6-3-4-10(5-7-13)8-11(14)12(16)9-15;1-4(6)3-5-2/h3-7,9,11-12,16H,8,14H2,1-2H3;5H,3H2,1-2H3. The number of ketones is 1. The number of likely N-dealkylation sites (N-methyl/N-ethyl adjacent to an activating group) is 1. The van der Waals surface area contributed by atoms with Gasteiger partial charge < -0.3 is 21.0 Å². The van der Waals surface area contributed by atoms with Gasteiger partial charge in [-0.25, -0.2) is 0 Å². The van der Waals surface area contributed by atoms with Crippen molar-refractivity contribution in [1.29, 1.82) is 0 Å². The molecule has 0 aromatic heterocycles. The molecule has 0 radical (unpaired) electrons. The molecule has 0 spiro atoms. The van der Waals surface area contributed by atoms with Crippen molar-refractivity contribution in [3.8, 4) is 0 Å². The first-order valence-corrected chi connectivity index (χ1v) is 7.32. The third kappa shape index (κ3) is 9.39. The van der Waals surface area contributed by atoms with Gasteiger partial charge >= 0.3 is 0 Å². The molecule has 0 fully saturated rings. The number of nitrogens with two attached hydrogens (primary N) is 1. The fourth-order valence-corrected chi connectivity index (χ4v) is 1.73. The summed E-state index contributed by atoms with van der Waals surface area (Å²) in [4.78, 5) is 20.4. The average molecular weight is 308 g/mol. The Morgan fingerprint density at radius 1 is 1.45 bits per heavy atom. The Morgan fingerprint density at radius 3 is 2.55 bits per heavy atom. The molecular weight excluding hydrogens is 280 g/mol. The van der Waals surface area contributed by atoms with Crippen LogP contribution >= 0.6 is 0 Å². The van der Waals surface area contributed by atoms with Crippen LogP contribution in [0.3, 0.4) is 0 Å². The van der Waals surface area contributed by atoms with Gasteiger partial charge in [0.1, 0.15) is 18.2 Å². The highest BCUT2D eigenvalue weighted by Crippen LogP contribution is 2.23. The fraction of sp³-hybridized carbons (Fsp3) is 0.529. The van der Waals surface area contributed by atoms with E-state index in [4.69, 9.17) is 5.73 Å². The lowest BCUT2D eigenvalue weighted by Crippen LogP contribution is -2.35. The number of Topliss-reactive ketones (excluding diaryl/α,β-unsaturated/α-hetero) is 1. The van der Waals surface area contributed by atoms with Gasteiger partial charge in [0, 0.05) is 11.5 Å². The number of aliphatic hydroxyl groups excluding tert-OH is 1. The van der Waals surface area contributed by atoms with E-state index >= 15 is 0 Å². The van der Waals surface area contributed by atoms with E-state index in [1.165, 1.54) is 0 Å². The van der Waals surface area contributed by atoms with Crippen molar-refractivity contribution in [3.63, 3.8) is 0 Å². The van der Waals surface area contributed by atoms with Gasteiger partial charge in [-0.15, -0.1) is 0 Å². The van der Waals surface area contributed by atoms with Crippen LogP contribution < -0.4 is 11.1 Å². The van der Waals surface area contributed by atoms with Crippen molar-refractivity contribution in [1.82, 2.24) is 5.32 Å². The second-order valence-corrected chi connectivity index (χ2v) is 5.98. The van der Waals surface area contributed by atoms with E-state index in [1.54, 1.807) is 14.0 Å². The third-order valence-electron chi connectivity index (χ3n) is 3.04. The lowest BCUT2D eigenvalue weighted by atomic mass is 9.93. The topological polar surface area (TPSA) is 92.4 Å². The number of allylic oxidation sites excluding steroid dienone is 5. The van der Waals surface area contributed by atoms with E-state index in [1.807, 2.05) is 18.2 Å². The highest BCUT2D eigenvalue weighted by Gasteiger charge is 2.16. The van der Waals surface area contributed by atoms with E-state index in [0.717, 1.165) is 5.57 Å². The van der Waals surface area contributed by atoms with E-state index < -0.39 is 12.1 Å². The van der Waals surface area contributed by atoms with Crippen molar-refractivity contribution in [2.45, 2.75) is 39.3 Å². The molecule has 1 aliphatic rings. The summed E-state index contributed by atoms with van der Waals surface area (Å²) in [6.07, 6.45) is 10.0. The molecule has 5 heteroatoms. The molecule has 0 aromatic rings. The second-order valence-electron chi connectivity index (χ2n) is 5.98. The Morgan fingerprint density at radius 2 is 2.09 bits per heavy atom. The minimum Gasteiger partial charge on any atom is -0.384 e. The molecule has 124 valence electrons. The summed E-state index contributed by atoms with van der Waals surface area (Å²) in [5.74, 6) is 0.178. The lowest BCUT2D eigenvalue weighted by Gasteiger charge is -2.15. The first-order chi connectivity index (χ1) is 10.2. The summed E-state index contributed by atoms with van der Waals surface area (Å²) in [5, 5.41) is 12.0. The molecule has 0 saturated carbocycles. The van der Waals surface area contributed by atoms with Gasteiger partial charge in [0.25, 0.3) is 0 Å². The summed E-state index contributed by atoms with van der Waals surface area (Å²) in [5.41, 5.74) is 6.75. The Balaban J connectivity index is 0.000000626. The number of hydrogen-bond donors (Lipinski definition) is 3. The number of carbonyl (C=O) groups excluding carboxylic acids is 2. The van der Waals surface area contributed by atoms with Crippen LogP contribution in [0.25, 0.3) is 0 Å². The van der Waals surface area contributed by atoms with Crippen LogP contribution in [0.1, 0.15) is 27.2 Å². The number of aldehydes is 1. The maximum absolute atomic E-state index is 10.4. The normalized spacial score (nSPS) is 18.4. The molecule has 0 bridgehead atoms. The molecule has 5 nitrogen and oxygen atoms in total.